The molecule has 2 amide bonds. The molecule has 0 fully saturated rings. The number of carbonyl (C=O) groups excluding carboxylic acids is 2. The zero-order valence-corrected chi connectivity index (χ0v) is 9.10. The molecule has 82 valence electrons. The van der Waals surface area contributed by atoms with Crippen molar-refractivity contribution < 1.29 is 9.59 Å². The number of aromatic amines is 1. The SMILES string of the molecule is CC(C)C(=O)Nc1s[nH]c(=O)c1C(N)=O. The fourth-order valence-corrected chi connectivity index (χ4v) is 1.61. The number of H-pyrrole nitrogens is 1. The fourth-order valence-electron chi connectivity index (χ4n) is 0.871. The third-order valence-electron chi connectivity index (χ3n) is 1.71. The van der Waals surface area contributed by atoms with E-state index in [9.17, 15) is 14.4 Å². The second-order valence-electron chi connectivity index (χ2n) is 3.25. The molecule has 1 heterocycles. The van der Waals surface area contributed by atoms with Crippen molar-refractivity contribution in [2.24, 2.45) is 11.7 Å². The van der Waals surface area contributed by atoms with Crippen molar-refractivity contribution in [3.05, 3.63) is 15.9 Å². The lowest BCUT2D eigenvalue weighted by atomic mass is 10.2. The summed E-state index contributed by atoms with van der Waals surface area (Å²) in [6.07, 6.45) is 0. The molecular weight excluding hydrogens is 218 g/mol. The molecule has 1 rings (SSSR count). The smallest absolute Gasteiger partial charge is 0.273 e. The monoisotopic (exact) mass is 229 g/mol. The van der Waals surface area contributed by atoms with Crippen LogP contribution in [0.4, 0.5) is 5.00 Å². The summed E-state index contributed by atoms with van der Waals surface area (Å²) in [5.41, 5.74) is 4.23. The average molecular weight is 229 g/mol. The minimum atomic E-state index is -0.850. The van der Waals surface area contributed by atoms with Gasteiger partial charge in [-0.2, -0.15) is 0 Å². The van der Waals surface area contributed by atoms with Crippen LogP contribution < -0.4 is 16.6 Å². The average Bonchev–Trinajstić information content (AvgIpc) is 2.46. The van der Waals surface area contributed by atoms with E-state index in [1.54, 1.807) is 13.8 Å². The molecule has 0 unspecified atom stereocenters. The van der Waals surface area contributed by atoms with Crippen molar-refractivity contribution in [3.8, 4) is 0 Å². The molecule has 0 spiro atoms. The summed E-state index contributed by atoms with van der Waals surface area (Å²) < 4.78 is 2.33. The highest BCUT2D eigenvalue weighted by Crippen LogP contribution is 2.16. The summed E-state index contributed by atoms with van der Waals surface area (Å²) in [6.45, 7) is 3.41. The summed E-state index contributed by atoms with van der Waals surface area (Å²) in [7, 11) is 0. The molecule has 0 aromatic carbocycles. The highest BCUT2D eigenvalue weighted by molar-refractivity contribution is 7.10. The summed E-state index contributed by atoms with van der Waals surface area (Å²) in [5.74, 6) is -1.35. The van der Waals surface area contributed by atoms with Crippen LogP contribution in [0.5, 0.6) is 0 Å². The molecule has 6 nitrogen and oxygen atoms in total. The first-order valence-corrected chi connectivity index (χ1v) is 5.07. The van der Waals surface area contributed by atoms with Gasteiger partial charge in [0.2, 0.25) is 5.91 Å². The van der Waals surface area contributed by atoms with Crippen molar-refractivity contribution >= 4 is 28.3 Å². The lowest BCUT2D eigenvalue weighted by molar-refractivity contribution is -0.118. The van der Waals surface area contributed by atoms with E-state index >= 15 is 0 Å². The lowest BCUT2D eigenvalue weighted by Gasteiger charge is -2.05. The highest BCUT2D eigenvalue weighted by atomic mass is 32.1. The van der Waals surface area contributed by atoms with Gasteiger partial charge in [0, 0.05) is 5.92 Å². The fraction of sp³-hybridized carbons (Fsp3) is 0.375. The minimum Gasteiger partial charge on any atom is -0.365 e. The van der Waals surface area contributed by atoms with E-state index in [1.165, 1.54) is 0 Å². The molecule has 0 aliphatic carbocycles. The Morgan fingerprint density at radius 3 is 2.53 bits per heavy atom. The number of aromatic nitrogens is 1. The number of carbonyl (C=O) groups is 2. The molecule has 4 N–H and O–H groups in total. The third kappa shape index (κ3) is 2.44. The van der Waals surface area contributed by atoms with Gasteiger partial charge in [0.05, 0.1) is 0 Å². The highest BCUT2D eigenvalue weighted by Gasteiger charge is 2.18. The van der Waals surface area contributed by atoms with Gasteiger partial charge >= 0.3 is 0 Å². The van der Waals surface area contributed by atoms with Gasteiger partial charge in [-0.1, -0.05) is 13.8 Å². The number of rotatable bonds is 3. The van der Waals surface area contributed by atoms with Crippen molar-refractivity contribution in [1.29, 1.82) is 0 Å². The minimum absolute atomic E-state index is 0.172. The lowest BCUT2D eigenvalue weighted by Crippen LogP contribution is -2.24. The van der Waals surface area contributed by atoms with Crippen LogP contribution in [0.1, 0.15) is 24.2 Å². The Labute approximate surface area is 89.6 Å². The first-order chi connectivity index (χ1) is 6.93. The van der Waals surface area contributed by atoms with E-state index in [4.69, 9.17) is 5.73 Å². The Morgan fingerprint density at radius 1 is 1.47 bits per heavy atom. The number of amides is 2. The molecule has 0 bridgehead atoms. The number of hydrogen-bond acceptors (Lipinski definition) is 4. The van der Waals surface area contributed by atoms with E-state index in [-0.39, 0.29) is 22.4 Å². The van der Waals surface area contributed by atoms with Gasteiger partial charge in [-0.05, 0) is 11.5 Å². The van der Waals surface area contributed by atoms with Gasteiger partial charge in [0.1, 0.15) is 10.6 Å². The van der Waals surface area contributed by atoms with Crippen molar-refractivity contribution in [2.45, 2.75) is 13.8 Å². The predicted molar refractivity (Wildman–Crippen MR) is 56.9 cm³/mol. The van der Waals surface area contributed by atoms with Crippen LogP contribution in [-0.4, -0.2) is 16.2 Å². The van der Waals surface area contributed by atoms with Crippen LogP contribution >= 0.6 is 11.5 Å². The number of hydrogen-bond donors (Lipinski definition) is 3. The second-order valence-corrected chi connectivity index (χ2v) is 4.06. The molecule has 1 aromatic rings. The van der Waals surface area contributed by atoms with Gasteiger partial charge < -0.3 is 11.1 Å². The third-order valence-corrected chi connectivity index (χ3v) is 2.51. The van der Waals surface area contributed by atoms with Gasteiger partial charge in [-0.3, -0.25) is 18.8 Å². The maximum atomic E-state index is 11.3. The molecule has 0 aliphatic heterocycles. The van der Waals surface area contributed by atoms with Crippen molar-refractivity contribution in [3.63, 3.8) is 0 Å². The second kappa shape index (κ2) is 4.26. The van der Waals surface area contributed by atoms with Crippen LogP contribution in [0.2, 0.25) is 0 Å². The largest absolute Gasteiger partial charge is 0.365 e. The summed E-state index contributed by atoms with van der Waals surface area (Å²) in [4.78, 5) is 33.4. The van der Waals surface area contributed by atoms with Gasteiger partial charge in [-0.25, -0.2) is 0 Å². The molecule has 0 saturated carbocycles. The van der Waals surface area contributed by atoms with E-state index in [2.05, 4.69) is 9.69 Å². The normalized spacial score (nSPS) is 10.3. The molecule has 0 atom stereocenters. The molecule has 15 heavy (non-hydrogen) atoms. The van der Waals surface area contributed by atoms with Crippen LogP contribution in [0.3, 0.4) is 0 Å². The van der Waals surface area contributed by atoms with Crippen LogP contribution in [0, 0.1) is 5.92 Å². The Kier molecular flexibility index (Phi) is 3.25. The first-order valence-electron chi connectivity index (χ1n) is 4.25. The standard InChI is InChI=1S/C8H11N3O3S/c1-3(2)6(13)10-8-4(5(9)12)7(14)11-15-8/h3H,1-2H3,(H2,9,12)(H,10,13)(H,11,14). The topological polar surface area (TPSA) is 105 Å². The number of nitrogens with one attached hydrogen (secondary N) is 2. The first kappa shape index (κ1) is 11.4. The van der Waals surface area contributed by atoms with E-state index < -0.39 is 11.5 Å². The van der Waals surface area contributed by atoms with Gasteiger partial charge in [0.25, 0.3) is 11.5 Å². The predicted octanol–water partition coefficient (Wildman–Crippen LogP) is 0.130. The van der Waals surface area contributed by atoms with Gasteiger partial charge in [0.15, 0.2) is 0 Å². The van der Waals surface area contributed by atoms with E-state index in [1.807, 2.05) is 0 Å². The Hall–Kier alpha value is -1.63. The van der Waals surface area contributed by atoms with E-state index in [0.717, 1.165) is 11.5 Å². The quantitative estimate of drug-likeness (QED) is 0.686. The van der Waals surface area contributed by atoms with Gasteiger partial charge in [-0.15, -0.1) is 0 Å². The summed E-state index contributed by atoms with van der Waals surface area (Å²) in [6, 6.07) is 0. The zero-order valence-electron chi connectivity index (χ0n) is 8.29. The Bertz CT molecular complexity index is 446. The Balaban J connectivity index is 3.01. The van der Waals surface area contributed by atoms with Crippen molar-refractivity contribution in [2.75, 3.05) is 5.32 Å². The maximum absolute atomic E-state index is 11.3. The van der Waals surface area contributed by atoms with Crippen LogP contribution in [-0.2, 0) is 4.79 Å². The number of primary amides is 1. The van der Waals surface area contributed by atoms with Crippen molar-refractivity contribution in [1.82, 2.24) is 4.37 Å². The Morgan fingerprint density at radius 2 is 2.07 bits per heavy atom. The molecule has 7 heteroatoms. The molecule has 1 aromatic heterocycles. The molecule has 0 aliphatic rings. The molecular formula is C8H11N3O3S. The summed E-state index contributed by atoms with van der Waals surface area (Å²) >= 11 is 0.880. The zero-order chi connectivity index (χ0) is 11.6. The van der Waals surface area contributed by atoms with E-state index in [0.29, 0.717) is 0 Å². The maximum Gasteiger partial charge on any atom is 0.273 e. The number of nitrogens with two attached hydrogens (primary N) is 1. The summed E-state index contributed by atoms with van der Waals surface area (Å²) in [5, 5.41) is 2.63. The van der Waals surface area contributed by atoms with Crippen LogP contribution in [0.25, 0.3) is 0 Å². The molecule has 0 radical (unpaired) electrons. The molecule has 0 saturated heterocycles. The van der Waals surface area contributed by atoms with Crippen LogP contribution in [0.15, 0.2) is 4.79 Å². The number of anilines is 1.